The molecule has 0 bridgehead atoms. The molecule has 3 aromatic rings. The normalized spacial score (nSPS) is 23.8. The number of nitrogens with two attached hydrogens (primary N) is 3. The standard InChI is InChI=1S/C19H22N8O5/c20-9-3-1-8(2-4-9)5-10(21)17(29)26-11-13(28)18(32-14(11)19(30)31)27-7-25-12-15(22)23-6-24-16(12)27/h1-4,6-7,10-11,13-14,18,28H,5,20-21H2,(H,26,29)(H,30,31)(H2,22,23,24)/t10?,11-,13+,14-,18+/m0/s1. The van der Waals surface area contributed by atoms with Crippen molar-refractivity contribution in [1.29, 1.82) is 0 Å². The Labute approximate surface area is 181 Å². The topological polar surface area (TPSA) is 218 Å². The number of aliphatic hydroxyl groups excluding tert-OH is 1. The molecule has 0 saturated carbocycles. The van der Waals surface area contributed by atoms with Gasteiger partial charge in [-0.2, -0.15) is 0 Å². The first-order valence-electron chi connectivity index (χ1n) is 9.66. The number of carboxylic acid groups (broad SMARTS) is 1. The fraction of sp³-hybridized carbons (Fsp3) is 0.316. The number of anilines is 2. The molecule has 2 aromatic heterocycles. The molecule has 4 rings (SSSR count). The number of nitrogens with one attached hydrogen (secondary N) is 1. The Balaban J connectivity index is 1.53. The number of ether oxygens (including phenoxy) is 1. The lowest BCUT2D eigenvalue weighted by molar-refractivity contribution is -0.152. The summed E-state index contributed by atoms with van der Waals surface area (Å²) in [5, 5.41) is 22.9. The van der Waals surface area contributed by atoms with E-state index >= 15 is 0 Å². The fourth-order valence-electron chi connectivity index (χ4n) is 3.60. The Hall–Kier alpha value is -3.81. The van der Waals surface area contributed by atoms with Crippen LogP contribution in [0.25, 0.3) is 11.2 Å². The number of aliphatic carboxylic acids is 1. The number of nitrogen functional groups attached to an aromatic ring is 2. The van der Waals surface area contributed by atoms with E-state index in [1.807, 2.05) is 0 Å². The van der Waals surface area contributed by atoms with Gasteiger partial charge in [-0.15, -0.1) is 0 Å². The molecule has 0 spiro atoms. The number of aromatic nitrogens is 4. The van der Waals surface area contributed by atoms with Crippen LogP contribution in [0, 0.1) is 0 Å². The van der Waals surface area contributed by atoms with E-state index in [4.69, 9.17) is 21.9 Å². The second-order valence-electron chi connectivity index (χ2n) is 7.45. The number of aliphatic hydroxyl groups is 1. The lowest BCUT2D eigenvalue weighted by Gasteiger charge is -2.22. The molecular formula is C19H22N8O5. The highest BCUT2D eigenvalue weighted by atomic mass is 16.6. The summed E-state index contributed by atoms with van der Waals surface area (Å²) in [5.74, 6) is -1.87. The van der Waals surface area contributed by atoms with Crippen molar-refractivity contribution < 1.29 is 24.5 Å². The van der Waals surface area contributed by atoms with Gasteiger partial charge in [0.2, 0.25) is 5.91 Å². The maximum absolute atomic E-state index is 12.7. The Morgan fingerprint density at radius 2 is 1.91 bits per heavy atom. The number of benzene rings is 1. The highest BCUT2D eigenvalue weighted by Crippen LogP contribution is 2.32. The van der Waals surface area contributed by atoms with Gasteiger partial charge < -0.3 is 37.5 Å². The van der Waals surface area contributed by atoms with Crippen molar-refractivity contribution in [2.24, 2.45) is 5.73 Å². The van der Waals surface area contributed by atoms with E-state index in [1.165, 1.54) is 17.2 Å². The van der Waals surface area contributed by atoms with Crippen molar-refractivity contribution in [1.82, 2.24) is 24.8 Å². The highest BCUT2D eigenvalue weighted by Gasteiger charge is 2.49. The lowest BCUT2D eigenvalue weighted by Crippen LogP contribution is -2.54. The fourth-order valence-corrected chi connectivity index (χ4v) is 3.60. The number of fused-ring (bicyclic) bond motifs is 1. The van der Waals surface area contributed by atoms with E-state index in [9.17, 15) is 19.8 Å². The highest BCUT2D eigenvalue weighted by molar-refractivity contribution is 5.84. The minimum absolute atomic E-state index is 0.120. The van der Waals surface area contributed by atoms with Crippen molar-refractivity contribution >= 4 is 34.5 Å². The molecule has 0 aliphatic carbocycles. The SMILES string of the molecule is Nc1ccc(CC(N)C(=O)N[C@H]2[C@@H](O)[C@H](n3cnc4c(N)ncnc43)O[C@@H]2C(=O)O)cc1. The largest absolute Gasteiger partial charge is 0.479 e. The quantitative estimate of drug-likeness (QED) is 0.238. The zero-order valence-electron chi connectivity index (χ0n) is 16.7. The van der Waals surface area contributed by atoms with Crippen LogP contribution < -0.4 is 22.5 Å². The van der Waals surface area contributed by atoms with Gasteiger partial charge in [0.1, 0.15) is 17.9 Å². The van der Waals surface area contributed by atoms with Crippen molar-refractivity contribution in [3.8, 4) is 0 Å². The van der Waals surface area contributed by atoms with Crippen molar-refractivity contribution in [2.75, 3.05) is 11.5 Å². The van der Waals surface area contributed by atoms with Gasteiger partial charge >= 0.3 is 5.97 Å². The van der Waals surface area contributed by atoms with Crippen LogP contribution in [0.3, 0.4) is 0 Å². The molecule has 1 saturated heterocycles. The van der Waals surface area contributed by atoms with E-state index in [2.05, 4.69) is 20.3 Å². The molecule has 1 aromatic carbocycles. The summed E-state index contributed by atoms with van der Waals surface area (Å²) in [6.45, 7) is 0. The lowest BCUT2D eigenvalue weighted by atomic mass is 10.0. The predicted molar refractivity (Wildman–Crippen MR) is 112 cm³/mol. The third-order valence-corrected chi connectivity index (χ3v) is 5.26. The molecule has 5 atom stereocenters. The van der Waals surface area contributed by atoms with Gasteiger partial charge in [-0.3, -0.25) is 9.36 Å². The van der Waals surface area contributed by atoms with Crippen molar-refractivity contribution in [2.45, 2.75) is 36.9 Å². The van der Waals surface area contributed by atoms with Crippen LogP contribution in [0.4, 0.5) is 11.5 Å². The monoisotopic (exact) mass is 442 g/mol. The number of carboxylic acids is 1. The summed E-state index contributed by atoms with van der Waals surface area (Å²) in [4.78, 5) is 36.4. The zero-order chi connectivity index (χ0) is 23.0. The Morgan fingerprint density at radius 3 is 2.59 bits per heavy atom. The molecule has 9 N–H and O–H groups in total. The minimum Gasteiger partial charge on any atom is -0.479 e. The molecule has 168 valence electrons. The number of carbonyl (C=O) groups excluding carboxylic acids is 1. The smallest absolute Gasteiger partial charge is 0.335 e. The molecule has 32 heavy (non-hydrogen) atoms. The van der Waals surface area contributed by atoms with Crippen LogP contribution >= 0.6 is 0 Å². The maximum Gasteiger partial charge on any atom is 0.335 e. The molecule has 1 aliphatic rings. The summed E-state index contributed by atoms with van der Waals surface area (Å²) < 4.78 is 6.90. The predicted octanol–water partition coefficient (Wildman–Crippen LogP) is -1.61. The summed E-state index contributed by atoms with van der Waals surface area (Å²) >= 11 is 0. The number of amides is 1. The van der Waals surface area contributed by atoms with Crippen LogP contribution in [0.5, 0.6) is 0 Å². The summed E-state index contributed by atoms with van der Waals surface area (Å²) in [6, 6.07) is 4.60. The molecule has 1 unspecified atom stereocenters. The van der Waals surface area contributed by atoms with Crippen LogP contribution in [0.15, 0.2) is 36.9 Å². The number of nitrogens with zero attached hydrogens (tertiary/aromatic N) is 4. The second kappa shape index (κ2) is 8.37. The average molecular weight is 442 g/mol. The number of rotatable bonds is 6. The zero-order valence-corrected chi connectivity index (χ0v) is 16.7. The molecule has 13 nitrogen and oxygen atoms in total. The van der Waals surface area contributed by atoms with Crippen LogP contribution in [0.2, 0.25) is 0 Å². The van der Waals surface area contributed by atoms with E-state index < -0.39 is 42.4 Å². The first kappa shape index (κ1) is 21.4. The van der Waals surface area contributed by atoms with Crippen molar-refractivity contribution in [3.63, 3.8) is 0 Å². The maximum atomic E-state index is 12.7. The molecule has 1 aliphatic heterocycles. The molecule has 13 heteroatoms. The molecular weight excluding hydrogens is 420 g/mol. The van der Waals surface area contributed by atoms with Gasteiger partial charge in [0, 0.05) is 5.69 Å². The summed E-state index contributed by atoms with van der Waals surface area (Å²) in [7, 11) is 0. The second-order valence-corrected chi connectivity index (χ2v) is 7.45. The van der Waals surface area contributed by atoms with Gasteiger partial charge in [-0.1, -0.05) is 12.1 Å². The van der Waals surface area contributed by atoms with Crippen LogP contribution in [-0.4, -0.2) is 65.9 Å². The third-order valence-electron chi connectivity index (χ3n) is 5.26. The minimum atomic E-state index is -1.53. The first-order valence-corrected chi connectivity index (χ1v) is 9.66. The van der Waals surface area contributed by atoms with Crippen LogP contribution in [0.1, 0.15) is 11.8 Å². The van der Waals surface area contributed by atoms with Gasteiger partial charge in [0.25, 0.3) is 0 Å². The third kappa shape index (κ3) is 3.91. The molecule has 1 fully saturated rings. The number of imidazole rings is 1. The van der Waals surface area contributed by atoms with E-state index in [1.54, 1.807) is 24.3 Å². The van der Waals surface area contributed by atoms with Gasteiger partial charge in [-0.25, -0.2) is 19.7 Å². The molecule has 1 amide bonds. The van der Waals surface area contributed by atoms with Crippen molar-refractivity contribution in [3.05, 3.63) is 42.5 Å². The van der Waals surface area contributed by atoms with Gasteiger partial charge in [-0.05, 0) is 24.1 Å². The first-order chi connectivity index (χ1) is 15.3. The molecule has 3 heterocycles. The number of carbonyl (C=O) groups is 2. The van der Waals surface area contributed by atoms with E-state index in [0.29, 0.717) is 5.69 Å². The number of hydrogen-bond acceptors (Lipinski definition) is 10. The van der Waals surface area contributed by atoms with Crippen LogP contribution in [-0.2, 0) is 20.7 Å². The summed E-state index contributed by atoms with van der Waals surface area (Å²) in [6.07, 6.45) is -1.44. The van der Waals surface area contributed by atoms with E-state index in [0.717, 1.165) is 5.56 Å². The molecule has 0 radical (unpaired) electrons. The van der Waals surface area contributed by atoms with Gasteiger partial charge in [0.05, 0.1) is 18.4 Å². The number of hydrogen-bond donors (Lipinski definition) is 6. The Kier molecular flexibility index (Phi) is 5.61. The average Bonchev–Trinajstić information content (AvgIpc) is 3.32. The Morgan fingerprint density at radius 1 is 1.19 bits per heavy atom. The van der Waals surface area contributed by atoms with Gasteiger partial charge in [0.15, 0.2) is 23.8 Å². The summed E-state index contributed by atoms with van der Waals surface area (Å²) in [5.41, 5.74) is 19.3. The van der Waals surface area contributed by atoms with E-state index in [-0.39, 0.29) is 23.4 Å². The Bertz CT molecular complexity index is 1150.